The number of benzene rings is 1. The third-order valence-electron chi connectivity index (χ3n) is 5.55. The molecular formula is C22H20Cl2N6O2S. The molecule has 1 aliphatic rings. The fourth-order valence-corrected chi connectivity index (χ4v) is 5.42. The average Bonchev–Trinajstić information content (AvgIpc) is 3.39. The van der Waals surface area contributed by atoms with E-state index in [1.165, 1.54) is 17.7 Å². The third-order valence-corrected chi connectivity index (χ3v) is 7.22. The number of hydrogen-bond acceptors (Lipinski definition) is 6. The first-order valence-corrected chi connectivity index (χ1v) is 11.8. The number of rotatable bonds is 7. The number of thiophene rings is 1. The lowest BCUT2D eigenvalue weighted by atomic mass is 10.0. The summed E-state index contributed by atoms with van der Waals surface area (Å²) in [5, 5.41) is 17.8. The molecule has 0 saturated heterocycles. The number of carbonyl (C=O) groups excluding carboxylic acids is 1. The molecule has 11 heteroatoms. The Morgan fingerprint density at radius 1 is 1.36 bits per heavy atom. The Bertz CT molecular complexity index is 1240. The van der Waals surface area contributed by atoms with Crippen molar-refractivity contribution in [3.63, 3.8) is 0 Å². The van der Waals surface area contributed by atoms with Gasteiger partial charge in [0.05, 0.1) is 27.2 Å². The summed E-state index contributed by atoms with van der Waals surface area (Å²) in [7, 11) is 0. The topological polar surface area (TPSA) is 124 Å². The minimum absolute atomic E-state index is 0.0776. The predicted molar refractivity (Wildman–Crippen MR) is 129 cm³/mol. The number of amides is 1. The number of carbonyl (C=O) groups is 1. The smallest absolute Gasteiger partial charge is 0.261 e. The lowest BCUT2D eigenvalue weighted by molar-refractivity contribution is 0.0942. The molecule has 0 saturated carbocycles. The molecule has 2 aromatic heterocycles. The van der Waals surface area contributed by atoms with E-state index in [9.17, 15) is 9.90 Å². The van der Waals surface area contributed by atoms with Crippen LogP contribution in [0.15, 0.2) is 41.8 Å². The highest BCUT2D eigenvalue weighted by molar-refractivity contribution is 7.17. The van der Waals surface area contributed by atoms with Crippen molar-refractivity contribution in [1.82, 2.24) is 15.3 Å². The molecule has 1 aliphatic carbocycles. The maximum Gasteiger partial charge on any atom is 0.261 e. The van der Waals surface area contributed by atoms with Gasteiger partial charge in [-0.25, -0.2) is 9.97 Å². The van der Waals surface area contributed by atoms with Crippen LogP contribution in [-0.4, -0.2) is 33.6 Å². The fraction of sp³-hybridized carbons (Fsp3) is 0.318. The van der Waals surface area contributed by atoms with Gasteiger partial charge in [-0.3, -0.25) is 4.79 Å². The molecule has 3 aromatic rings. The van der Waals surface area contributed by atoms with Crippen LogP contribution in [0, 0.1) is 0 Å². The number of nitrogens with one attached hydrogen (secondary N) is 1. The molecule has 0 aliphatic heterocycles. The van der Waals surface area contributed by atoms with E-state index < -0.39 is 12.1 Å². The van der Waals surface area contributed by atoms with Crippen molar-refractivity contribution in [2.75, 3.05) is 6.54 Å². The fourth-order valence-electron chi connectivity index (χ4n) is 4.01. The Morgan fingerprint density at radius 3 is 2.94 bits per heavy atom. The zero-order chi connectivity index (χ0) is 23.5. The van der Waals surface area contributed by atoms with E-state index in [1.54, 1.807) is 24.3 Å². The van der Waals surface area contributed by atoms with Crippen LogP contribution in [0.3, 0.4) is 0 Å². The molecule has 0 bridgehead atoms. The van der Waals surface area contributed by atoms with Crippen LogP contribution in [-0.2, 0) is 6.42 Å². The van der Waals surface area contributed by atoms with E-state index in [2.05, 4.69) is 25.3 Å². The van der Waals surface area contributed by atoms with Crippen LogP contribution in [0.1, 0.15) is 51.9 Å². The van der Waals surface area contributed by atoms with E-state index in [0.717, 1.165) is 21.7 Å². The van der Waals surface area contributed by atoms with Crippen LogP contribution < -0.4 is 5.32 Å². The Hall–Kier alpha value is -2.68. The summed E-state index contributed by atoms with van der Waals surface area (Å²) in [6.45, 7) is 2.11. The summed E-state index contributed by atoms with van der Waals surface area (Å²) in [4.78, 5) is 25.8. The van der Waals surface area contributed by atoms with Crippen LogP contribution >= 0.6 is 34.5 Å². The van der Waals surface area contributed by atoms with E-state index in [-0.39, 0.29) is 18.4 Å². The average molecular weight is 503 g/mol. The van der Waals surface area contributed by atoms with Gasteiger partial charge in [-0.1, -0.05) is 41.3 Å². The van der Waals surface area contributed by atoms with Crippen molar-refractivity contribution in [2.45, 2.75) is 37.8 Å². The van der Waals surface area contributed by atoms with Crippen molar-refractivity contribution in [3.8, 4) is 10.6 Å². The van der Waals surface area contributed by atoms with Crippen molar-refractivity contribution in [3.05, 3.63) is 78.8 Å². The maximum atomic E-state index is 13.0. The first-order chi connectivity index (χ1) is 15.9. The zero-order valence-corrected chi connectivity index (χ0v) is 19.9. The Balaban J connectivity index is 1.54. The van der Waals surface area contributed by atoms with Gasteiger partial charge in [0.1, 0.15) is 6.33 Å². The first-order valence-electron chi connectivity index (χ1n) is 10.3. The second kappa shape index (κ2) is 10.1. The van der Waals surface area contributed by atoms with Gasteiger partial charge in [0.15, 0.2) is 0 Å². The molecule has 1 amide bonds. The maximum absolute atomic E-state index is 13.0. The molecule has 4 rings (SSSR count). The van der Waals surface area contributed by atoms with E-state index in [4.69, 9.17) is 28.7 Å². The SMILES string of the molecule is C[C@@H]1C[C@@H](O)c2ncnc(-c3ccc(C(=O)N[C@H](CN=[N+]=[N-])Cc4ccc(Cl)cc4Cl)s3)c21. The van der Waals surface area contributed by atoms with Gasteiger partial charge in [0, 0.05) is 33.1 Å². The van der Waals surface area contributed by atoms with Crippen molar-refractivity contribution in [1.29, 1.82) is 0 Å². The largest absolute Gasteiger partial charge is 0.387 e. The van der Waals surface area contributed by atoms with E-state index in [1.807, 2.05) is 13.0 Å². The van der Waals surface area contributed by atoms with Crippen molar-refractivity contribution >= 4 is 40.4 Å². The first kappa shape index (κ1) is 23.5. The van der Waals surface area contributed by atoms with E-state index in [0.29, 0.717) is 33.5 Å². The highest BCUT2D eigenvalue weighted by Crippen LogP contribution is 2.44. The molecule has 2 heterocycles. The third kappa shape index (κ3) is 5.13. The highest BCUT2D eigenvalue weighted by Gasteiger charge is 2.32. The number of azide groups is 1. The van der Waals surface area contributed by atoms with Gasteiger partial charge in [-0.15, -0.1) is 11.3 Å². The number of aromatic nitrogens is 2. The molecule has 1 aromatic carbocycles. The van der Waals surface area contributed by atoms with Crippen molar-refractivity contribution < 1.29 is 9.90 Å². The highest BCUT2D eigenvalue weighted by atomic mass is 35.5. The van der Waals surface area contributed by atoms with Gasteiger partial charge in [0.25, 0.3) is 5.91 Å². The number of aliphatic hydroxyl groups excluding tert-OH is 1. The number of nitrogens with zero attached hydrogens (tertiary/aromatic N) is 5. The zero-order valence-electron chi connectivity index (χ0n) is 17.6. The molecular weight excluding hydrogens is 483 g/mol. The van der Waals surface area contributed by atoms with E-state index >= 15 is 0 Å². The van der Waals surface area contributed by atoms with Crippen LogP contribution in [0.4, 0.5) is 0 Å². The van der Waals surface area contributed by atoms with Crippen LogP contribution in [0.5, 0.6) is 0 Å². The molecule has 0 fully saturated rings. The Kier molecular flexibility index (Phi) is 7.17. The molecule has 0 spiro atoms. The predicted octanol–water partition coefficient (Wildman–Crippen LogP) is 5.70. The van der Waals surface area contributed by atoms with Crippen LogP contribution in [0.25, 0.3) is 21.0 Å². The summed E-state index contributed by atoms with van der Waals surface area (Å²) >= 11 is 13.5. The normalized spacial score (nSPS) is 17.8. The molecule has 170 valence electrons. The van der Waals surface area contributed by atoms with Gasteiger partial charge < -0.3 is 10.4 Å². The summed E-state index contributed by atoms with van der Waals surface area (Å²) < 4.78 is 0. The number of aliphatic hydroxyl groups is 1. The van der Waals surface area contributed by atoms with Gasteiger partial charge in [-0.2, -0.15) is 0 Å². The number of fused-ring (bicyclic) bond motifs is 1. The molecule has 3 atom stereocenters. The number of hydrogen-bond donors (Lipinski definition) is 2. The summed E-state index contributed by atoms with van der Waals surface area (Å²) in [6.07, 6.45) is 1.84. The second-order valence-electron chi connectivity index (χ2n) is 7.86. The Morgan fingerprint density at radius 2 is 2.18 bits per heavy atom. The monoisotopic (exact) mass is 502 g/mol. The molecule has 0 unspecified atom stereocenters. The summed E-state index contributed by atoms with van der Waals surface area (Å²) in [6, 6.07) is 8.27. The quantitative estimate of drug-likeness (QED) is 0.244. The Labute approximate surface area is 204 Å². The molecule has 8 nitrogen and oxygen atoms in total. The lowest BCUT2D eigenvalue weighted by Crippen LogP contribution is -2.38. The minimum atomic E-state index is -0.597. The minimum Gasteiger partial charge on any atom is -0.387 e. The molecule has 0 radical (unpaired) electrons. The van der Waals surface area contributed by atoms with Crippen molar-refractivity contribution in [2.24, 2.45) is 5.11 Å². The van der Waals surface area contributed by atoms with Crippen LogP contribution in [0.2, 0.25) is 10.0 Å². The van der Waals surface area contributed by atoms with Gasteiger partial charge in [-0.05, 0) is 54.1 Å². The lowest BCUT2D eigenvalue weighted by Gasteiger charge is -2.17. The summed E-state index contributed by atoms with van der Waals surface area (Å²) in [5.41, 5.74) is 11.9. The van der Waals surface area contributed by atoms with Gasteiger partial charge in [0.2, 0.25) is 0 Å². The number of halogens is 2. The molecule has 2 N–H and O–H groups in total. The molecule has 33 heavy (non-hydrogen) atoms. The van der Waals surface area contributed by atoms with Gasteiger partial charge >= 0.3 is 0 Å². The summed E-state index contributed by atoms with van der Waals surface area (Å²) in [5.74, 6) is -0.156. The second-order valence-corrected chi connectivity index (χ2v) is 9.79. The standard InChI is InChI=1S/C22H20Cl2N6O2S/c1-11-6-16(31)20-19(11)21(27-10-26-20)17-4-5-18(33-17)22(32)29-14(9-28-30-25)7-12-2-3-13(23)8-15(12)24/h2-5,8,10-11,14,16,31H,6-7,9H2,1H3,(H,29,32)/t11-,14+,16-/m1/s1.